The van der Waals surface area contributed by atoms with Crippen LogP contribution in [0.3, 0.4) is 0 Å². The van der Waals surface area contributed by atoms with Crippen molar-refractivity contribution in [2.24, 2.45) is 0 Å². The third kappa shape index (κ3) is 31.3. The third-order valence-electron chi connectivity index (χ3n) is 3.89. The van der Waals surface area contributed by atoms with Gasteiger partial charge >= 0.3 is 0 Å². The molecule has 0 radical (unpaired) electrons. The standard InChI is InChI=1S/C23H47NO9/c1-4-6-25-8-10-27-12-14-29-16-18-31-20-22-33-23-21-32-19-17-30-15-13-28-11-9-26-7-5-24(2)3/h4H,1,5-23H2,2-3H3. The van der Waals surface area contributed by atoms with Crippen LogP contribution in [0.2, 0.25) is 0 Å². The molecule has 0 heterocycles. The van der Waals surface area contributed by atoms with E-state index in [1.807, 2.05) is 14.1 Å². The lowest BCUT2D eigenvalue weighted by molar-refractivity contribution is -0.0247. The van der Waals surface area contributed by atoms with Crippen molar-refractivity contribution in [2.45, 2.75) is 0 Å². The van der Waals surface area contributed by atoms with Crippen molar-refractivity contribution in [1.82, 2.24) is 4.90 Å². The molecule has 0 aromatic rings. The van der Waals surface area contributed by atoms with Gasteiger partial charge in [0.2, 0.25) is 0 Å². The first-order valence-corrected chi connectivity index (χ1v) is 11.7. The summed E-state index contributed by atoms with van der Waals surface area (Å²) < 4.78 is 48.6. The van der Waals surface area contributed by atoms with Gasteiger partial charge in [-0.2, -0.15) is 0 Å². The number of likely N-dealkylation sites (N-methyl/N-ethyl adjacent to an activating group) is 1. The Kier molecular flexibility index (Phi) is 28.8. The van der Waals surface area contributed by atoms with Crippen molar-refractivity contribution in [3.05, 3.63) is 12.7 Å². The van der Waals surface area contributed by atoms with Crippen LogP contribution in [0.15, 0.2) is 12.7 Å². The zero-order valence-corrected chi connectivity index (χ0v) is 20.8. The Morgan fingerprint density at radius 3 is 0.909 bits per heavy atom. The number of rotatable bonds is 29. The Bertz CT molecular complexity index is 376. The molecule has 10 heteroatoms. The predicted octanol–water partition coefficient (Wildman–Crippen LogP) is 0.883. The molecule has 0 bridgehead atoms. The average molecular weight is 482 g/mol. The van der Waals surface area contributed by atoms with Gasteiger partial charge in [-0.15, -0.1) is 6.58 Å². The molecule has 0 amide bonds. The fraction of sp³-hybridized carbons (Fsp3) is 0.913. The van der Waals surface area contributed by atoms with E-state index >= 15 is 0 Å². The van der Waals surface area contributed by atoms with Crippen LogP contribution in [0.4, 0.5) is 0 Å². The molecule has 0 fully saturated rings. The lowest BCUT2D eigenvalue weighted by Gasteiger charge is -2.10. The van der Waals surface area contributed by atoms with Gasteiger partial charge in [0.25, 0.3) is 0 Å². The van der Waals surface area contributed by atoms with E-state index in [0.717, 1.165) is 13.2 Å². The molecule has 0 atom stereocenters. The predicted molar refractivity (Wildman–Crippen MR) is 126 cm³/mol. The van der Waals surface area contributed by atoms with Gasteiger partial charge in [-0.05, 0) is 14.1 Å². The highest BCUT2D eigenvalue weighted by atomic mass is 16.6. The number of hydrogen-bond acceptors (Lipinski definition) is 10. The first kappa shape index (κ1) is 32.3. The third-order valence-corrected chi connectivity index (χ3v) is 3.89. The quantitative estimate of drug-likeness (QED) is 0.113. The summed E-state index contributed by atoms with van der Waals surface area (Å²) in [5.74, 6) is 0. The molecule has 0 N–H and O–H groups in total. The van der Waals surface area contributed by atoms with E-state index in [1.54, 1.807) is 6.08 Å². The van der Waals surface area contributed by atoms with Crippen molar-refractivity contribution in [3.63, 3.8) is 0 Å². The highest BCUT2D eigenvalue weighted by Crippen LogP contribution is 1.86. The lowest BCUT2D eigenvalue weighted by atomic mass is 10.6. The van der Waals surface area contributed by atoms with E-state index in [-0.39, 0.29) is 0 Å². The average Bonchev–Trinajstić information content (AvgIpc) is 2.80. The van der Waals surface area contributed by atoms with Crippen LogP contribution in [0.5, 0.6) is 0 Å². The van der Waals surface area contributed by atoms with Gasteiger partial charge in [0.15, 0.2) is 0 Å². The number of nitrogens with zero attached hydrogens (tertiary/aromatic N) is 1. The van der Waals surface area contributed by atoms with Gasteiger partial charge in [-0.25, -0.2) is 0 Å². The number of ether oxygens (including phenoxy) is 9. The Hall–Kier alpha value is -0.660. The Balaban J connectivity index is 3.01. The zero-order chi connectivity index (χ0) is 24.1. The van der Waals surface area contributed by atoms with Crippen LogP contribution < -0.4 is 0 Å². The van der Waals surface area contributed by atoms with Crippen molar-refractivity contribution in [1.29, 1.82) is 0 Å². The molecule has 198 valence electrons. The van der Waals surface area contributed by atoms with Crippen molar-refractivity contribution in [3.8, 4) is 0 Å². The second-order valence-corrected chi connectivity index (χ2v) is 7.07. The van der Waals surface area contributed by atoms with E-state index in [1.165, 1.54) is 0 Å². The van der Waals surface area contributed by atoms with Crippen LogP contribution in [0.25, 0.3) is 0 Å². The van der Waals surface area contributed by atoms with E-state index in [4.69, 9.17) is 42.6 Å². The van der Waals surface area contributed by atoms with E-state index < -0.39 is 0 Å². The summed E-state index contributed by atoms with van der Waals surface area (Å²) in [5.41, 5.74) is 0. The Morgan fingerprint density at radius 1 is 0.424 bits per heavy atom. The first-order chi connectivity index (χ1) is 16.3. The second kappa shape index (κ2) is 29.4. The maximum atomic E-state index is 5.44. The molecular weight excluding hydrogens is 434 g/mol. The molecule has 0 aliphatic carbocycles. The summed E-state index contributed by atoms with van der Waals surface area (Å²) in [7, 11) is 4.04. The van der Waals surface area contributed by atoms with Crippen LogP contribution in [-0.2, 0) is 42.6 Å². The second-order valence-electron chi connectivity index (χ2n) is 7.07. The minimum atomic E-state index is 0.532. The zero-order valence-electron chi connectivity index (χ0n) is 20.8. The molecule has 0 rings (SSSR count). The van der Waals surface area contributed by atoms with E-state index in [2.05, 4.69) is 11.5 Å². The Morgan fingerprint density at radius 2 is 0.667 bits per heavy atom. The minimum Gasteiger partial charge on any atom is -0.378 e. The van der Waals surface area contributed by atoms with Crippen molar-refractivity contribution < 1.29 is 42.6 Å². The van der Waals surface area contributed by atoms with Gasteiger partial charge in [0.1, 0.15) is 0 Å². The van der Waals surface area contributed by atoms with Gasteiger partial charge in [0.05, 0.1) is 119 Å². The van der Waals surface area contributed by atoms with Crippen molar-refractivity contribution in [2.75, 3.05) is 140 Å². The van der Waals surface area contributed by atoms with Gasteiger partial charge in [-0.1, -0.05) is 6.08 Å². The lowest BCUT2D eigenvalue weighted by Crippen LogP contribution is -2.19. The summed E-state index contributed by atoms with van der Waals surface area (Å²) in [6, 6.07) is 0. The molecule has 0 aromatic heterocycles. The molecular formula is C23H47NO9. The van der Waals surface area contributed by atoms with Crippen LogP contribution in [0, 0.1) is 0 Å². The molecule has 0 aromatic carbocycles. The van der Waals surface area contributed by atoms with Crippen LogP contribution in [-0.4, -0.2) is 144 Å². The van der Waals surface area contributed by atoms with Gasteiger partial charge in [-0.3, -0.25) is 0 Å². The fourth-order valence-electron chi connectivity index (χ4n) is 2.17. The largest absolute Gasteiger partial charge is 0.378 e. The van der Waals surface area contributed by atoms with Crippen LogP contribution >= 0.6 is 0 Å². The molecule has 0 aliphatic heterocycles. The smallest absolute Gasteiger partial charge is 0.0704 e. The highest BCUT2D eigenvalue weighted by Gasteiger charge is 1.95. The first-order valence-electron chi connectivity index (χ1n) is 11.7. The fourth-order valence-corrected chi connectivity index (χ4v) is 2.17. The summed E-state index contributed by atoms with van der Waals surface area (Å²) in [6.07, 6.45) is 1.71. The number of hydrogen-bond donors (Lipinski definition) is 0. The van der Waals surface area contributed by atoms with Gasteiger partial charge in [0, 0.05) is 6.54 Å². The highest BCUT2D eigenvalue weighted by molar-refractivity contribution is 4.63. The molecule has 0 aliphatic rings. The molecule has 0 saturated carbocycles. The van der Waals surface area contributed by atoms with E-state index in [0.29, 0.717) is 112 Å². The maximum Gasteiger partial charge on any atom is 0.0704 e. The molecule has 0 saturated heterocycles. The van der Waals surface area contributed by atoms with Crippen LogP contribution in [0.1, 0.15) is 0 Å². The summed E-state index contributed by atoms with van der Waals surface area (Å²) in [5, 5.41) is 0. The van der Waals surface area contributed by atoms with Gasteiger partial charge < -0.3 is 47.5 Å². The van der Waals surface area contributed by atoms with Crippen molar-refractivity contribution >= 4 is 0 Å². The maximum absolute atomic E-state index is 5.44. The topological polar surface area (TPSA) is 86.3 Å². The minimum absolute atomic E-state index is 0.532. The molecule has 33 heavy (non-hydrogen) atoms. The normalized spacial score (nSPS) is 11.5. The van der Waals surface area contributed by atoms with E-state index in [9.17, 15) is 0 Å². The Labute approximate surface area is 200 Å². The molecule has 0 spiro atoms. The SMILES string of the molecule is C=CCOCCOCCOCCOCCOCCOCCOCCOCCOCCN(C)C. The summed E-state index contributed by atoms with van der Waals surface area (Å²) in [6.45, 7) is 14.6. The summed E-state index contributed by atoms with van der Waals surface area (Å²) in [4.78, 5) is 2.08. The molecule has 10 nitrogen and oxygen atoms in total. The molecule has 0 unspecified atom stereocenters. The monoisotopic (exact) mass is 481 g/mol. The summed E-state index contributed by atoms with van der Waals surface area (Å²) >= 11 is 0.